The molecule has 2 amide bonds. The second-order valence-electron chi connectivity index (χ2n) is 5.65. The number of benzene rings is 1. The molecule has 1 aromatic rings. The summed E-state index contributed by atoms with van der Waals surface area (Å²) in [5.41, 5.74) is 0.490. The maximum absolute atomic E-state index is 12.8. The quantitative estimate of drug-likeness (QED) is 0.520. The molecule has 1 heterocycles. The summed E-state index contributed by atoms with van der Waals surface area (Å²) in [6.45, 7) is 7.79. The molecule has 1 aliphatic rings. The number of ether oxygens (including phenoxy) is 2. The Balaban J connectivity index is 2.27. The summed E-state index contributed by atoms with van der Waals surface area (Å²) in [7, 11) is 1.24. The van der Waals surface area contributed by atoms with Crippen molar-refractivity contribution < 1.29 is 23.9 Å². The number of rotatable bonds is 8. The van der Waals surface area contributed by atoms with Crippen molar-refractivity contribution in [3.63, 3.8) is 0 Å². The predicted octanol–water partition coefficient (Wildman–Crippen LogP) is 1.54. The van der Waals surface area contributed by atoms with Crippen LogP contribution in [0.4, 0.5) is 5.69 Å². The lowest BCUT2D eigenvalue weighted by Gasteiger charge is -2.34. The van der Waals surface area contributed by atoms with E-state index in [1.165, 1.54) is 16.9 Å². The van der Waals surface area contributed by atoms with Gasteiger partial charge in [-0.3, -0.25) is 19.3 Å². The summed E-state index contributed by atoms with van der Waals surface area (Å²) in [5, 5.41) is 0. The molecule has 0 spiro atoms. The molecule has 1 aliphatic heterocycles. The first-order chi connectivity index (χ1) is 12.5. The van der Waals surface area contributed by atoms with Gasteiger partial charge in [-0.25, -0.2) is 0 Å². The summed E-state index contributed by atoms with van der Waals surface area (Å²) < 4.78 is 10.3. The summed E-state index contributed by atoms with van der Waals surface area (Å²) in [5.74, 6) is -0.840. The molecule has 0 radical (unpaired) electrons. The molecular weight excluding hydrogens is 336 g/mol. The third kappa shape index (κ3) is 4.30. The molecule has 26 heavy (non-hydrogen) atoms. The van der Waals surface area contributed by atoms with Gasteiger partial charge in [-0.15, -0.1) is 13.2 Å². The van der Waals surface area contributed by atoms with E-state index in [-0.39, 0.29) is 18.9 Å². The number of amides is 2. The summed E-state index contributed by atoms with van der Waals surface area (Å²) in [6, 6.07) is 6.89. The van der Waals surface area contributed by atoms with E-state index in [0.717, 1.165) is 0 Å². The number of nitrogens with zero attached hydrogens (tertiary/aromatic N) is 2. The number of carbonyl (C=O) groups excluding carboxylic acids is 3. The molecule has 0 bridgehead atoms. The fraction of sp³-hybridized carbons (Fsp3) is 0.316. The largest absolute Gasteiger partial charge is 0.478 e. The molecule has 7 nitrogen and oxygen atoms in total. The van der Waals surface area contributed by atoms with Crippen LogP contribution >= 0.6 is 0 Å². The smallest absolute Gasteiger partial charge is 0.309 e. The molecule has 1 aromatic carbocycles. The standard InChI is InChI=1S/C19H22N2O5/c1-4-10-20(11-5-2)17(22)13-21-14-8-6-7-9-15(14)26-16(19(21)24)12-18(23)25-3/h4-9,16H,1-2,10-13H2,3H3/t16-/m1/s1. The highest BCUT2D eigenvalue weighted by Gasteiger charge is 2.37. The van der Waals surface area contributed by atoms with Crippen molar-refractivity contribution in [1.29, 1.82) is 0 Å². The van der Waals surface area contributed by atoms with E-state index in [1.807, 2.05) is 0 Å². The number of esters is 1. The number of methoxy groups -OCH3 is 1. The molecular formula is C19H22N2O5. The van der Waals surface area contributed by atoms with Crippen molar-refractivity contribution in [1.82, 2.24) is 4.90 Å². The zero-order valence-electron chi connectivity index (χ0n) is 14.7. The van der Waals surface area contributed by atoms with E-state index in [4.69, 9.17) is 4.74 Å². The Morgan fingerprint density at radius 1 is 1.27 bits per heavy atom. The van der Waals surface area contributed by atoms with Crippen LogP contribution in [-0.4, -0.2) is 55.5 Å². The average molecular weight is 358 g/mol. The van der Waals surface area contributed by atoms with Crippen LogP contribution in [0.2, 0.25) is 0 Å². The summed E-state index contributed by atoms with van der Waals surface area (Å²) in [4.78, 5) is 39.9. The molecule has 0 saturated carbocycles. The van der Waals surface area contributed by atoms with E-state index in [0.29, 0.717) is 24.5 Å². The lowest BCUT2D eigenvalue weighted by molar-refractivity contribution is -0.145. The summed E-state index contributed by atoms with van der Waals surface area (Å²) >= 11 is 0. The maximum Gasteiger partial charge on any atom is 0.309 e. The Morgan fingerprint density at radius 3 is 2.54 bits per heavy atom. The van der Waals surface area contributed by atoms with E-state index < -0.39 is 18.0 Å². The highest BCUT2D eigenvalue weighted by molar-refractivity contribution is 6.05. The Bertz CT molecular complexity index is 706. The van der Waals surface area contributed by atoms with Gasteiger partial charge < -0.3 is 14.4 Å². The van der Waals surface area contributed by atoms with Gasteiger partial charge in [0.05, 0.1) is 19.2 Å². The molecule has 0 fully saturated rings. The average Bonchev–Trinajstić information content (AvgIpc) is 2.64. The minimum absolute atomic E-state index is 0.168. The first-order valence-corrected chi connectivity index (χ1v) is 8.15. The highest BCUT2D eigenvalue weighted by Crippen LogP contribution is 2.34. The molecule has 0 aromatic heterocycles. The molecule has 0 aliphatic carbocycles. The third-order valence-electron chi connectivity index (χ3n) is 3.89. The predicted molar refractivity (Wildman–Crippen MR) is 96.8 cm³/mol. The Hall–Kier alpha value is -3.09. The van der Waals surface area contributed by atoms with Gasteiger partial charge in [0.15, 0.2) is 6.10 Å². The minimum Gasteiger partial charge on any atom is -0.478 e. The number of hydrogen-bond acceptors (Lipinski definition) is 5. The van der Waals surface area contributed by atoms with Crippen LogP contribution in [0.3, 0.4) is 0 Å². The molecule has 0 unspecified atom stereocenters. The zero-order chi connectivity index (χ0) is 19.1. The highest BCUT2D eigenvalue weighted by atomic mass is 16.5. The molecule has 138 valence electrons. The van der Waals surface area contributed by atoms with Crippen LogP contribution in [0.5, 0.6) is 5.75 Å². The number of fused-ring (bicyclic) bond motifs is 1. The second-order valence-corrected chi connectivity index (χ2v) is 5.65. The number of para-hydroxylation sites is 2. The lowest BCUT2D eigenvalue weighted by Crippen LogP contribution is -2.51. The molecule has 0 N–H and O–H groups in total. The zero-order valence-corrected chi connectivity index (χ0v) is 14.7. The van der Waals surface area contributed by atoms with Gasteiger partial charge in [-0.05, 0) is 12.1 Å². The van der Waals surface area contributed by atoms with Gasteiger partial charge in [0, 0.05) is 13.1 Å². The Kier molecular flexibility index (Phi) is 6.54. The number of hydrogen-bond donors (Lipinski definition) is 0. The number of anilines is 1. The molecule has 2 rings (SSSR count). The van der Waals surface area contributed by atoms with E-state index in [9.17, 15) is 14.4 Å². The topological polar surface area (TPSA) is 76.2 Å². The fourth-order valence-electron chi connectivity index (χ4n) is 2.63. The second kappa shape index (κ2) is 8.84. The van der Waals surface area contributed by atoms with Crippen molar-refractivity contribution in [2.75, 3.05) is 31.6 Å². The van der Waals surface area contributed by atoms with Crippen LogP contribution in [0.25, 0.3) is 0 Å². The fourth-order valence-corrected chi connectivity index (χ4v) is 2.63. The summed E-state index contributed by atoms with van der Waals surface area (Å²) in [6.07, 6.45) is 1.96. The van der Waals surface area contributed by atoms with Crippen LogP contribution in [0, 0.1) is 0 Å². The maximum atomic E-state index is 12.8. The van der Waals surface area contributed by atoms with Gasteiger partial charge in [-0.1, -0.05) is 24.3 Å². The van der Waals surface area contributed by atoms with Gasteiger partial charge in [0.1, 0.15) is 12.3 Å². The van der Waals surface area contributed by atoms with Gasteiger partial charge in [0.25, 0.3) is 5.91 Å². The number of carbonyl (C=O) groups is 3. The van der Waals surface area contributed by atoms with Crippen LogP contribution in [0.1, 0.15) is 6.42 Å². The minimum atomic E-state index is -1.03. The third-order valence-corrected chi connectivity index (χ3v) is 3.89. The van der Waals surface area contributed by atoms with Crippen molar-refractivity contribution in [3.8, 4) is 5.75 Å². The van der Waals surface area contributed by atoms with Crippen LogP contribution in [-0.2, 0) is 19.1 Å². The van der Waals surface area contributed by atoms with Crippen molar-refractivity contribution in [2.24, 2.45) is 0 Å². The normalized spacial score (nSPS) is 15.5. The first kappa shape index (κ1) is 19.2. The van der Waals surface area contributed by atoms with Crippen molar-refractivity contribution >= 4 is 23.5 Å². The van der Waals surface area contributed by atoms with Gasteiger partial charge in [0.2, 0.25) is 5.91 Å². The molecule has 7 heteroatoms. The van der Waals surface area contributed by atoms with Gasteiger partial charge in [-0.2, -0.15) is 0 Å². The molecule has 0 saturated heterocycles. The van der Waals surface area contributed by atoms with Crippen LogP contribution < -0.4 is 9.64 Å². The van der Waals surface area contributed by atoms with E-state index >= 15 is 0 Å². The first-order valence-electron chi connectivity index (χ1n) is 8.15. The van der Waals surface area contributed by atoms with E-state index in [1.54, 1.807) is 36.4 Å². The molecule has 1 atom stereocenters. The monoisotopic (exact) mass is 358 g/mol. The van der Waals surface area contributed by atoms with E-state index in [2.05, 4.69) is 17.9 Å². The Labute approximate surface area is 152 Å². The Morgan fingerprint density at radius 2 is 1.92 bits per heavy atom. The van der Waals surface area contributed by atoms with Crippen molar-refractivity contribution in [2.45, 2.75) is 12.5 Å². The van der Waals surface area contributed by atoms with Crippen LogP contribution in [0.15, 0.2) is 49.6 Å². The lowest BCUT2D eigenvalue weighted by atomic mass is 10.1. The van der Waals surface area contributed by atoms with Gasteiger partial charge >= 0.3 is 5.97 Å². The SMILES string of the molecule is C=CCN(CC=C)C(=O)CN1C(=O)[C@@H](CC(=O)OC)Oc2ccccc21. The van der Waals surface area contributed by atoms with Crippen molar-refractivity contribution in [3.05, 3.63) is 49.6 Å².